The van der Waals surface area contributed by atoms with E-state index in [0.29, 0.717) is 22.6 Å². The molecular weight excluding hydrogens is 455 g/mol. The van der Waals surface area contributed by atoms with Crippen LogP contribution in [0.3, 0.4) is 0 Å². The maximum atomic E-state index is 14.0. The Balaban J connectivity index is 1.59. The van der Waals surface area contributed by atoms with Gasteiger partial charge in [0.25, 0.3) is 5.91 Å². The van der Waals surface area contributed by atoms with Crippen LogP contribution in [-0.4, -0.2) is 35.0 Å². The summed E-state index contributed by atoms with van der Waals surface area (Å²) in [5.41, 5.74) is 1.41. The molecule has 0 saturated carbocycles. The molecule has 0 radical (unpaired) electrons. The molecule has 3 amide bonds. The Morgan fingerprint density at radius 2 is 1.86 bits per heavy atom. The first-order chi connectivity index (χ1) is 16.9. The molecule has 2 N–H and O–H groups in total. The zero-order valence-electron chi connectivity index (χ0n) is 18.7. The van der Waals surface area contributed by atoms with Crippen LogP contribution in [0.5, 0.6) is 11.5 Å². The number of hydrogen-bond donors (Lipinski definition) is 2. The third-order valence-corrected chi connectivity index (χ3v) is 5.33. The van der Waals surface area contributed by atoms with Crippen LogP contribution in [0.25, 0.3) is 6.08 Å². The van der Waals surface area contributed by atoms with E-state index in [1.807, 2.05) is 0 Å². The van der Waals surface area contributed by atoms with Crippen LogP contribution >= 0.6 is 0 Å². The van der Waals surface area contributed by atoms with Crippen molar-refractivity contribution >= 4 is 24.0 Å². The van der Waals surface area contributed by atoms with E-state index in [9.17, 15) is 23.9 Å². The van der Waals surface area contributed by atoms with Gasteiger partial charge in [-0.1, -0.05) is 42.5 Å². The van der Waals surface area contributed by atoms with Crippen molar-refractivity contribution < 1.29 is 33.4 Å². The van der Waals surface area contributed by atoms with E-state index in [0.717, 1.165) is 4.90 Å². The van der Waals surface area contributed by atoms with Gasteiger partial charge in [0.1, 0.15) is 18.1 Å². The highest BCUT2D eigenvalue weighted by molar-refractivity contribution is 6.14. The van der Waals surface area contributed by atoms with Crippen LogP contribution in [-0.2, 0) is 17.9 Å². The topological polar surface area (TPSA) is 105 Å². The fourth-order valence-corrected chi connectivity index (χ4v) is 3.58. The minimum atomic E-state index is -1.05. The predicted molar refractivity (Wildman–Crippen MR) is 124 cm³/mol. The average Bonchev–Trinajstić information content (AvgIpc) is 3.11. The van der Waals surface area contributed by atoms with Crippen molar-refractivity contribution in [2.75, 3.05) is 7.11 Å². The van der Waals surface area contributed by atoms with Crippen molar-refractivity contribution in [1.29, 1.82) is 0 Å². The van der Waals surface area contributed by atoms with Crippen molar-refractivity contribution in [1.82, 2.24) is 10.2 Å². The number of hydrogen-bond acceptors (Lipinski definition) is 5. The molecule has 0 aromatic heterocycles. The number of methoxy groups -OCH3 is 1. The number of amides is 3. The Morgan fingerprint density at radius 3 is 2.60 bits per heavy atom. The third-order valence-electron chi connectivity index (χ3n) is 5.33. The Morgan fingerprint density at radius 1 is 1.09 bits per heavy atom. The fraction of sp³-hybridized carbons (Fsp3) is 0.115. The van der Waals surface area contributed by atoms with Crippen LogP contribution in [0.1, 0.15) is 27.0 Å². The highest BCUT2D eigenvalue weighted by atomic mass is 19.1. The Kier molecular flexibility index (Phi) is 6.77. The number of carbonyl (C=O) groups is 3. The summed E-state index contributed by atoms with van der Waals surface area (Å²) in [6.07, 6.45) is 1.45. The molecule has 1 heterocycles. The van der Waals surface area contributed by atoms with E-state index in [-0.39, 0.29) is 30.0 Å². The van der Waals surface area contributed by atoms with Crippen LogP contribution < -0.4 is 14.8 Å². The lowest BCUT2D eigenvalue weighted by Crippen LogP contribution is -2.30. The first kappa shape index (κ1) is 23.5. The summed E-state index contributed by atoms with van der Waals surface area (Å²) in [7, 11) is 1.46. The zero-order valence-corrected chi connectivity index (χ0v) is 18.7. The Labute approximate surface area is 200 Å². The summed E-state index contributed by atoms with van der Waals surface area (Å²) in [5.74, 6) is -1.49. The van der Waals surface area contributed by atoms with Crippen LogP contribution in [0.15, 0.2) is 72.4 Å². The molecular formula is C26H21FN2O6. The quantitative estimate of drug-likeness (QED) is 0.373. The summed E-state index contributed by atoms with van der Waals surface area (Å²) >= 11 is 0. The van der Waals surface area contributed by atoms with Gasteiger partial charge in [-0.15, -0.1) is 0 Å². The molecule has 178 valence electrons. The van der Waals surface area contributed by atoms with Gasteiger partial charge in [-0.05, 0) is 35.9 Å². The molecule has 0 aliphatic carbocycles. The minimum absolute atomic E-state index is 0.00248. The standard InChI is InChI=1S/C26H21FN2O6/c1-34-22-11-5-8-17(23(22)35-15-16-6-4-9-18(12-16)25(31)32)13-21-24(30)29(26(33)28-21)14-19-7-2-3-10-20(19)27/h2-13H,14-15H2,1H3,(H,28,33)(H,31,32)/b21-13+. The number of rotatable bonds is 8. The average molecular weight is 476 g/mol. The molecule has 3 aromatic carbocycles. The molecule has 0 unspecified atom stereocenters. The van der Waals surface area contributed by atoms with Crippen molar-refractivity contribution in [3.05, 3.63) is 100 Å². The number of halogens is 1. The number of urea groups is 1. The van der Waals surface area contributed by atoms with Crippen molar-refractivity contribution in [2.45, 2.75) is 13.2 Å². The Bertz CT molecular complexity index is 1340. The van der Waals surface area contributed by atoms with Gasteiger partial charge in [0.05, 0.1) is 19.2 Å². The molecule has 9 heteroatoms. The summed E-state index contributed by atoms with van der Waals surface area (Å²) in [6, 6.07) is 16.6. The number of imide groups is 1. The van der Waals surface area contributed by atoms with Gasteiger partial charge in [-0.25, -0.2) is 14.0 Å². The number of carboxylic acid groups (broad SMARTS) is 1. The molecule has 1 aliphatic rings. The van der Waals surface area contributed by atoms with Gasteiger partial charge in [0.15, 0.2) is 11.5 Å². The van der Waals surface area contributed by atoms with Gasteiger partial charge in [-0.3, -0.25) is 9.69 Å². The van der Waals surface area contributed by atoms with E-state index in [1.54, 1.807) is 36.4 Å². The molecule has 0 bridgehead atoms. The lowest BCUT2D eigenvalue weighted by atomic mass is 10.1. The largest absolute Gasteiger partial charge is 0.493 e. The molecule has 4 rings (SSSR count). The number of nitrogens with one attached hydrogen (secondary N) is 1. The second kappa shape index (κ2) is 10.1. The number of carbonyl (C=O) groups excluding carboxylic acids is 2. The SMILES string of the molecule is COc1cccc(/C=C2/NC(=O)N(Cc3ccccc3F)C2=O)c1OCc1cccc(C(=O)O)c1. The van der Waals surface area contributed by atoms with E-state index in [1.165, 1.54) is 43.5 Å². The van der Waals surface area contributed by atoms with E-state index >= 15 is 0 Å². The first-order valence-electron chi connectivity index (χ1n) is 10.6. The molecule has 0 spiro atoms. The third kappa shape index (κ3) is 5.14. The van der Waals surface area contributed by atoms with Crippen molar-refractivity contribution in [3.63, 3.8) is 0 Å². The van der Waals surface area contributed by atoms with E-state index in [2.05, 4.69) is 5.32 Å². The van der Waals surface area contributed by atoms with Crippen LogP contribution in [0.2, 0.25) is 0 Å². The number of benzene rings is 3. The summed E-state index contributed by atoms with van der Waals surface area (Å²) < 4.78 is 25.4. The maximum Gasteiger partial charge on any atom is 0.335 e. The molecule has 1 aliphatic heterocycles. The van der Waals surface area contributed by atoms with E-state index < -0.39 is 23.7 Å². The molecule has 1 fully saturated rings. The van der Waals surface area contributed by atoms with Gasteiger partial charge in [0, 0.05) is 11.1 Å². The molecule has 8 nitrogen and oxygen atoms in total. The number of aromatic carboxylic acids is 1. The van der Waals surface area contributed by atoms with Gasteiger partial charge in [0.2, 0.25) is 0 Å². The van der Waals surface area contributed by atoms with Crippen molar-refractivity contribution in [3.8, 4) is 11.5 Å². The molecule has 35 heavy (non-hydrogen) atoms. The number of para-hydroxylation sites is 1. The summed E-state index contributed by atoms with van der Waals surface area (Å²) in [4.78, 5) is 37.5. The van der Waals surface area contributed by atoms with E-state index in [4.69, 9.17) is 9.47 Å². The summed E-state index contributed by atoms with van der Waals surface area (Å²) in [6.45, 7) is -0.173. The second-order valence-corrected chi connectivity index (χ2v) is 7.64. The first-order valence-corrected chi connectivity index (χ1v) is 10.6. The smallest absolute Gasteiger partial charge is 0.335 e. The highest BCUT2D eigenvalue weighted by Crippen LogP contribution is 2.34. The zero-order chi connectivity index (χ0) is 24.9. The predicted octanol–water partition coefficient (Wildman–Crippen LogP) is 4.20. The van der Waals surface area contributed by atoms with Gasteiger partial charge >= 0.3 is 12.0 Å². The normalized spacial score (nSPS) is 14.2. The molecule has 3 aromatic rings. The van der Waals surface area contributed by atoms with Gasteiger partial charge in [-0.2, -0.15) is 0 Å². The Hall–Kier alpha value is -4.66. The number of ether oxygens (including phenoxy) is 2. The number of carboxylic acids is 1. The molecule has 0 atom stereocenters. The lowest BCUT2D eigenvalue weighted by molar-refractivity contribution is -0.123. The monoisotopic (exact) mass is 476 g/mol. The van der Waals surface area contributed by atoms with Crippen LogP contribution in [0.4, 0.5) is 9.18 Å². The fourth-order valence-electron chi connectivity index (χ4n) is 3.58. The van der Waals surface area contributed by atoms with Gasteiger partial charge < -0.3 is 19.9 Å². The lowest BCUT2D eigenvalue weighted by Gasteiger charge is -2.14. The maximum absolute atomic E-state index is 14.0. The number of nitrogens with zero attached hydrogens (tertiary/aromatic N) is 1. The van der Waals surface area contributed by atoms with Crippen molar-refractivity contribution in [2.24, 2.45) is 0 Å². The summed E-state index contributed by atoms with van der Waals surface area (Å²) in [5, 5.41) is 11.7. The minimum Gasteiger partial charge on any atom is -0.493 e. The molecule has 1 saturated heterocycles. The highest BCUT2D eigenvalue weighted by Gasteiger charge is 2.34. The second-order valence-electron chi connectivity index (χ2n) is 7.64. The van der Waals surface area contributed by atoms with Crippen LogP contribution in [0, 0.1) is 5.82 Å².